The Balaban J connectivity index is 1.46. The number of hydrogen-bond acceptors (Lipinski definition) is 6. The second-order valence-corrected chi connectivity index (χ2v) is 14.6. The fourth-order valence-electron chi connectivity index (χ4n) is 6.36. The van der Waals surface area contributed by atoms with Crippen LogP contribution in [-0.2, 0) is 23.7 Å². The van der Waals surface area contributed by atoms with Crippen LogP contribution in [0, 0.1) is 17.0 Å². The Morgan fingerprint density at radius 2 is 1.92 bits per heavy atom. The fourth-order valence-corrected chi connectivity index (χ4v) is 7.55. The van der Waals surface area contributed by atoms with Crippen molar-refractivity contribution < 1.29 is 28.2 Å². The molecule has 0 saturated carbocycles. The maximum atomic E-state index is 15.6. The first-order valence-electron chi connectivity index (χ1n) is 16.1. The third-order valence-electron chi connectivity index (χ3n) is 9.17. The number of aryl methyl sites for hydroxylation is 2. The fraction of sp³-hybridized carbons (Fsp3) is 0.378. The van der Waals surface area contributed by atoms with E-state index in [2.05, 4.69) is 25.8 Å². The molecule has 0 amide bonds. The smallest absolute Gasteiger partial charge is 0.344 e. The van der Waals surface area contributed by atoms with Crippen LogP contribution in [0.15, 0.2) is 60.8 Å². The number of halogens is 2. The highest BCUT2D eigenvalue weighted by atomic mass is 32.2. The molecule has 0 spiro atoms. The molecule has 8 nitrogen and oxygen atoms in total. The van der Waals surface area contributed by atoms with E-state index in [0.29, 0.717) is 35.8 Å². The van der Waals surface area contributed by atoms with Gasteiger partial charge in [-0.15, -0.1) is 0 Å². The minimum Gasteiger partial charge on any atom is -0.479 e. The molecular weight excluding hydrogens is 634 g/mol. The molecule has 0 saturated heterocycles. The minimum absolute atomic E-state index is 0.00679. The molecule has 4 bridgehead atoms. The summed E-state index contributed by atoms with van der Waals surface area (Å²) in [5.41, 5.74) is 1.79. The van der Waals surface area contributed by atoms with Gasteiger partial charge in [-0.05, 0) is 92.0 Å². The summed E-state index contributed by atoms with van der Waals surface area (Å²) >= 11 is 1.83. The van der Waals surface area contributed by atoms with Gasteiger partial charge in [0.15, 0.2) is 29.3 Å². The van der Waals surface area contributed by atoms with Crippen LogP contribution < -0.4 is 9.47 Å². The zero-order valence-corrected chi connectivity index (χ0v) is 28.6. The molecule has 2 unspecified atom stereocenters. The number of benzene rings is 3. The number of aromatic nitrogens is 4. The van der Waals surface area contributed by atoms with Crippen LogP contribution in [0.4, 0.5) is 8.78 Å². The largest absolute Gasteiger partial charge is 0.479 e. The second kappa shape index (κ2) is 13.3. The van der Waals surface area contributed by atoms with E-state index in [4.69, 9.17) is 19.6 Å². The number of hydrogen-bond donors (Lipinski definition) is 2. The topological polar surface area (TPSA) is 102 Å². The van der Waals surface area contributed by atoms with Crippen LogP contribution in [0.5, 0.6) is 17.2 Å². The van der Waals surface area contributed by atoms with Crippen molar-refractivity contribution in [3.63, 3.8) is 0 Å². The Morgan fingerprint density at radius 1 is 1.10 bits per heavy atom. The predicted octanol–water partition coefficient (Wildman–Crippen LogP) is 8.68. The lowest BCUT2D eigenvalue weighted by atomic mass is 9.75. The number of carboxylic acid groups (broad SMARTS) is 1. The highest BCUT2D eigenvalue weighted by Gasteiger charge is 2.35. The van der Waals surface area contributed by atoms with Gasteiger partial charge in [0, 0.05) is 35.8 Å². The molecule has 5 aromatic rings. The van der Waals surface area contributed by atoms with Crippen molar-refractivity contribution in [1.82, 2.24) is 19.7 Å². The lowest BCUT2D eigenvalue weighted by molar-refractivity contribution is -0.144. The number of fused-ring (bicyclic) bond motifs is 8. The van der Waals surface area contributed by atoms with Gasteiger partial charge in [0.05, 0.1) is 11.0 Å². The van der Waals surface area contributed by atoms with E-state index in [-0.39, 0.29) is 22.5 Å². The summed E-state index contributed by atoms with van der Waals surface area (Å²) in [6.45, 7) is 8.05. The molecule has 48 heavy (non-hydrogen) atoms. The highest BCUT2D eigenvalue weighted by molar-refractivity contribution is 7.99. The Morgan fingerprint density at radius 3 is 2.71 bits per heavy atom. The average Bonchev–Trinajstić information content (AvgIpc) is 3.67. The lowest BCUT2D eigenvalue weighted by Crippen LogP contribution is -2.27. The van der Waals surface area contributed by atoms with Crippen molar-refractivity contribution in [3.8, 4) is 28.6 Å². The molecule has 2 atom stereocenters. The number of aromatic amines is 1. The molecule has 252 valence electrons. The van der Waals surface area contributed by atoms with Crippen molar-refractivity contribution in [2.45, 2.75) is 64.9 Å². The summed E-state index contributed by atoms with van der Waals surface area (Å²) in [5.74, 6) is 1.24. The molecule has 2 aromatic heterocycles. The van der Waals surface area contributed by atoms with Crippen molar-refractivity contribution in [3.05, 3.63) is 89.4 Å². The summed E-state index contributed by atoms with van der Waals surface area (Å²) < 4.78 is 44.7. The van der Waals surface area contributed by atoms with Gasteiger partial charge in [-0.3, -0.25) is 0 Å². The van der Waals surface area contributed by atoms with E-state index >= 15 is 8.78 Å². The number of nitrogens with zero attached hydrogens (tertiary/aromatic N) is 3. The van der Waals surface area contributed by atoms with Crippen molar-refractivity contribution in [1.29, 1.82) is 0 Å². The molecule has 3 heterocycles. The Bertz CT molecular complexity index is 1970. The first kappa shape index (κ1) is 33.5. The van der Waals surface area contributed by atoms with Crippen molar-refractivity contribution in [2.75, 3.05) is 11.5 Å². The number of thioether (sulfide) groups is 1. The standard InChI is InChI=1S/C37H40F2N4O4S/c1-22(34(44)45)46-24-9-6-8-23(18-24)37(4)15-7-14-36(2,3)21-48-17-13-27-26-12-16-40-31(26)20-30(39)32(27)47-25-10-11-29(38)28(19-25)33-41-35(37)42-43(33)5/h6,8-12,16,18-20,22,40H,7,13-15,17,21H2,1-5H3,(H,44,45). The molecule has 6 rings (SSSR count). The van der Waals surface area contributed by atoms with Crippen LogP contribution in [0.1, 0.15) is 63.9 Å². The van der Waals surface area contributed by atoms with Gasteiger partial charge >= 0.3 is 5.97 Å². The third-order valence-corrected chi connectivity index (χ3v) is 10.7. The van der Waals surface area contributed by atoms with E-state index in [9.17, 15) is 9.90 Å². The first-order valence-corrected chi connectivity index (χ1v) is 17.3. The van der Waals surface area contributed by atoms with Gasteiger partial charge in [0.1, 0.15) is 17.3 Å². The number of ether oxygens (including phenoxy) is 2. The maximum absolute atomic E-state index is 15.6. The normalized spacial score (nSPS) is 19.1. The molecule has 0 radical (unpaired) electrons. The van der Waals surface area contributed by atoms with Gasteiger partial charge in [0.2, 0.25) is 0 Å². The van der Waals surface area contributed by atoms with Crippen LogP contribution in [-0.4, -0.2) is 48.4 Å². The third kappa shape index (κ3) is 6.78. The SMILES string of the molecule is CC(Oc1cccc(C2(C)CCCC(C)(C)CSCCc3c(c(F)cc4[nH]ccc34)Oc3ccc(F)c(c3)-c3nc2nn3C)c1)C(=O)O. The van der Waals surface area contributed by atoms with Crippen LogP contribution >= 0.6 is 11.8 Å². The van der Waals surface area contributed by atoms with Gasteiger partial charge in [-0.25, -0.2) is 23.2 Å². The monoisotopic (exact) mass is 674 g/mol. The number of H-pyrrole nitrogens is 1. The molecule has 11 heteroatoms. The molecule has 3 aromatic carbocycles. The van der Waals surface area contributed by atoms with Crippen molar-refractivity contribution in [2.24, 2.45) is 12.5 Å². The molecular formula is C37H40F2N4O4S. The van der Waals surface area contributed by atoms with E-state index in [1.165, 1.54) is 31.2 Å². The van der Waals surface area contributed by atoms with E-state index < -0.39 is 29.1 Å². The predicted molar refractivity (Wildman–Crippen MR) is 184 cm³/mol. The van der Waals surface area contributed by atoms with E-state index in [1.807, 2.05) is 36.0 Å². The molecule has 1 aliphatic heterocycles. The van der Waals surface area contributed by atoms with Gasteiger partial charge in [-0.2, -0.15) is 16.9 Å². The summed E-state index contributed by atoms with van der Waals surface area (Å²) in [7, 11) is 1.72. The lowest BCUT2D eigenvalue weighted by Gasteiger charge is -2.30. The zero-order valence-electron chi connectivity index (χ0n) is 27.8. The minimum atomic E-state index is -1.06. The quantitative estimate of drug-likeness (QED) is 0.197. The van der Waals surface area contributed by atoms with Gasteiger partial charge < -0.3 is 19.6 Å². The van der Waals surface area contributed by atoms with E-state index in [0.717, 1.165) is 40.9 Å². The first-order chi connectivity index (χ1) is 22.8. The van der Waals surface area contributed by atoms with Crippen LogP contribution in [0.2, 0.25) is 0 Å². The van der Waals surface area contributed by atoms with Gasteiger partial charge in [0.25, 0.3) is 0 Å². The number of nitrogens with one attached hydrogen (secondary N) is 1. The average molecular weight is 675 g/mol. The summed E-state index contributed by atoms with van der Waals surface area (Å²) in [4.78, 5) is 19.5. The number of rotatable bonds is 4. The molecule has 2 N–H and O–H groups in total. The number of aliphatic carboxylic acids is 1. The molecule has 0 fully saturated rings. The summed E-state index contributed by atoms with van der Waals surface area (Å²) in [6.07, 6.45) is 3.83. The second-order valence-electron chi connectivity index (χ2n) is 13.5. The number of carboxylic acids is 1. The van der Waals surface area contributed by atoms with Crippen LogP contribution in [0.25, 0.3) is 22.3 Å². The maximum Gasteiger partial charge on any atom is 0.344 e. The summed E-state index contributed by atoms with van der Waals surface area (Å²) in [5, 5.41) is 15.1. The Kier molecular flexibility index (Phi) is 9.26. The number of carbonyl (C=O) groups is 1. The molecule has 1 aliphatic rings. The highest BCUT2D eigenvalue weighted by Crippen LogP contribution is 2.41. The summed E-state index contributed by atoms with van der Waals surface area (Å²) in [6, 6.07) is 15.0. The van der Waals surface area contributed by atoms with Gasteiger partial charge in [-0.1, -0.05) is 32.4 Å². The Labute approximate surface area is 282 Å². The van der Waals surface area contributed by atoms with Crippen molar-refractivity contribution >= 4 is 28.6 Å². The molecule has 0 aliphatic carbocycles. The Hall–Kier alpha value is -4.38. The van der Waals surface area contributed by atoms with E-state index in [1.54, 1.807) is 24.0 Å². The zero-order chi connectivity index (χ0) is 34.2. The van der Waals surface area contributed by atoms with Crippen LogP contribution in [0.3, 0.4) is 0 Å².